The Kier molecular flexibility index (Phi) is 8.36. The van der Waals surface area contributed by atoms with E-state index in [9.17, 15) is 9.36 Å². The van der Waals surface area contributed by atoms with E-state index >= 15 is 0 Å². The average molecular weight is 324 g/mol. The third-order valence-corrected chi connectivity index (χ3v) is 3.28. The second-order valence-corrected chi connectivity index (χ2v) is 7.40. The van der Waals surface area contributed by atoms with Crippen molar-refractivity contribution < 1.29 is 32.9 Å². The summed E-state index contributed by atoms with van der Waals surface area (Å²) in [5.74, 6) is -0.552. The second kappa shape index (κ2) is 8.66. The maximum atomic E-state index is 11.3. The maximum absolute atomic E-state index is 11.3. The van der Waals surface area contributed by atoms with Gasteiger partial charge in [0, 0.05) is 12.0 Å². The van der Waals surface area contributed by atoms with Crippen LogP contribution in [0.3, 0.4) is 0 Å². The SMILES string of the molecule is C=C(C)C(=O)OCCC(CC[N+](C)(C)C)COP(=O)(O)O. The van der Waals surface area contributed by atoms with Gasteiger partial charge in [-0.25, -0.2) is 9.36 Å². The van der Waals surface area contributed by atoms with E-state index in [0.29, 0.717) is 18.4 Å². The van der Waals surface area contributed by atoms with E-state index in [1.807, 2.05) is 21.1 Å². The fourth-order valence-corrected chi connectivity index (χ4v) is 1.93. The zero-order chi connectivity index (χ0) is 16.7. The van der Waals surface area contributed by atoms with Crippen LogP contribution < -0.4 is 0 Å². The predicted molar refractivity (Wildman–Crippen MR) is 79.4 cm³/mol. The number of esters is 1. The van der Waals surface area contributed by atoms with Crippen LogP contribution in [-0.4, -0.2) is 61.1 Å². The smallest absolute Gasteiger partial charge is 0.462 e. The summed E-state index contributed by atoms with van der Waals surface area (Å²) in [5, 5.41) is 0. The molecule has 0 amide bonds. The number of nitrogens with zero attached hydrogens (tertiary/aromatic N) is 1. The molecule has 8 heteroatoms. The highest BCUT2D eigenvalue weighted by Gasteiger charge is 2.21. The van der Waals surface area contributed by atoms with Gasteiger partial charge in [0.25, 0.3) is 0 Å². The van der Waals surface area contributed by atoms with Crippen molar-refractivity contribution in [3.8, 4) is 0 Å². The lowest BCUT2D eigenvalue weighted by Gasteiger charge is -2.26. The molecule has 0 aliphatic heterocycles. The summed E-state index contributed by atoms with van der Waals surface area (Å²) >= 11 is 0. The first-order valence-electron chi connectivity index (χ1n) is 6.74. The second-order valence-electron chi connectivity index (χ2n) is 6.16. The van der Waals surface area contributed by atoms with E-state index in [1.54, 1.807) is 6.92 Å². The van der Waals surface area contributed by atoms with Gasteiger partial charge < -0.3 is 19.0 Å². The summed E-state index contributed by atoms with van der Waals surface area (Å²) in [4.78, 5) is 28.8. The molecule has 1 atom stereocenters. The van der Waals surface area contributed by atoms with Crippen molar-refractivity contribution >= 4 is 13.8 Å². The summed E-state index contributed by atoms with van der Waals surface area (Å²) in [6, 6.07) is 0. The van der Waals surface area contributed by atoms with Gasteiger partial charge in [0.1, 0.15) is 0 Å². The van der Waals surface area contributed by atoms with Crippen LogP contribution in [0.15, 0.2) is 12.2 Å². The van der Waals surface area contributed by atoms with E-state index in [4.69, 9.17) is 14.5 Å². The first-order chi connectivity index (χ1) is 9.41. The molecule has 124 valence electrons. The van der Waals surface area contributed by atoms with E-state index in [-0.39, 0.29) is 19.1 Å². The summed E-state index contributed by atoms with van der Waals surface area (Å²) in [7, 11) is 1.61. The molecule has 0 rings (SSSR count). The van der Waals surface area contributed by atoms with E-state index in [2.05, 4.69) is 11.1 Å². The van der Waals surface area contributed by atoms with Crippen molar-refractivity contribution in [2.75, 3.05) is 40.9 Å². The minimum atomic E-state index is -4.48. The van der Waals surface area contributed by atoms with Crippen LogP contribution in [0.25, 0.3) is 0 Å². The Hall–Kier alpha value is -0.720. The highest BCUT2D eigenvalue weighted by Crippen LogP contribution is 2.36. The number of ether oxygens (including phenoxy) is 1. The minimum Gasteiger partial charge on any atom is -0.462 e. The summed E-state index contributed by atoms with van der Waals surface area (Å²) in [6.07, 6.45) is 1.20. The monoisotopic (exact) mass is 324 g/mol. The van der Waals surface area contributed by atoms with Gasteiger partial charge in [-0.15, -0.1) is 0 Å². The summed E-state index contributed by atoms with van der Waals surface area (Å²) < 4.78 is 21.1. The van der Waals surface area contributed by atoms with Gasteiger partial charge >= 0.3 is 13.8 Å². The van der Waals surface area contributed by atoms with Gasteiger partial charge in [0.15, 0.2) is 0 Å². The largest absolute Gasteiger partial charge is 0.469 e. The Morgan fingerprint density at radius 1 is 1.29 bits per heavy atom. The summed E-state index contributed by atoms with van der Waals surface area (Å²) in [6.45, 7) is 5.99. The minimum absolute atomic E-state index is 0.0606. The van der Waals surface area contributed by atoms with Gasteiger partial charge in [-0.3, -0.25) is 4.52 Å². The van der Waals surface area contributed by atoms with Crippen molar-refractivity contribution in [1.82, 2.24) is 0 Å². The average Bonchev–Trinajstić information content (AvgIpc) is 2.29. The molecular weight excluding hydrogens is 297 g/mol. The predicted octanol–water partition coefficient (Wildman–Crippen LogP) is 1.32. The fourth-order valence-electron chi connectivity index (χ4n) is 1.52. The molecule has 0 bridgehead atoms. The van der Waals surface area contributed by atoms with E-state index in [0.717, 1.165) is 11.0 Å². The molecule has 1 unspecified atom stereocenters. The molecular formula is C13H27NO6P+. The van der Waals surface area contributed by atoms with Crippen LogP contribution in [0.1, 0.15) is 19.8 Å². The molecule has 21 heavy (non-hydrogen) atoms. The maximum Gasteiger partial charge on any atom is 0.469 e. The van der Waals surface area contributed by atoms with E-state index in [1.165, 1.54) is 0 Å². The Morgan fingerprint density at radius 3 is 2.29 bits per heavy atom. The van der Waals surface area contributed by atoms with Crippen LogP contribution >= 0.6 is 7.82 Å². The lowest BCUT2D eigenvalue weighted by molar-refractivity contribution is -0.871. The molecule has 0 spiro atoms. The zero-order valence-corrected chi connectivity index (χ0v) is 14.1. The quantitative estimate of drug-likeness (QED) is 0.272. The molecule has 0 aliphatic carbocycles. The van der Waals surface area contributed by atoms with E-state index < -0.39 is 13.8 Å². The molecule has 0 saturated carbocycles. The molecule has 0 aromatic carbocycles. The molecule has 0 radical (unpaired) electrons. The zero-order valence-electron chi connectivity index (χ0n) is 13.2. The third kappa shape index (κ3) is 12.7. The number of rotatable bonds is 10. The van der Waals surface area contributed by atoms with Gasteiger partial charge in [0.2, 0.25) is 0 Å². The van der Waals surface area contributed by atoms with Crippen LogP contribution in [0.2, 0.25) is 0 Å². The standard InChI is InChI=1S/C13H26NO6P/c1-11(2)13(15)19-9-7-12(6-8-14(3,4)5)10-20-21(16,17)18/h12H,1,6-10H2,2-5H3,(H-,16,17,18)/p+1. The lowest BCUT2D eigenvalue weighted by atomic mass is 10.0. The number of phosphoric ester groups is 1. The fraction of sp³-hybridized carbons (Fsp3) is 0.769. The van der Waals surface area contributed by atoms with Crippen LogP contribution in [0, 0.1) is 5.92 Å². The normalized spacial score (nSPS) is 13.8. The number of quaternary nitrogens is 1. The Bertz CT molecular complexity index is 398. The van der Waals surface area contributed by atoms with Crippen molar-refractivity contribution in [1.29, 1.82) is 0 Å². The molecule has 0 heterocycles. The molecule has 0 aromatic rings. The van der Waals surface area contributed by atoms with Crippen LogP contribution in [0.4, 0.5) is 0 Å². The Morgan fingerprint density at radius 2 is 1.86 bits per heavy atom. The first kappa shape index (κ1) is 20.3. The van der Waals surface area contributed by atoms with Crippen molar-refractivity contribution in [2.45, 2.75) is 19.8 Å². The van der Waals surface area contributed by atoms with Gasteiger partial charge in [-0.1, -0.05) is 6.58 Å². The molecule has 0 aromatic heterocycles. The van der Waals surface area contributed by atoms with Crippen molar-refractivity contribution in [3.05, 3.63) is 12.2 Å². The van der Waals surface area contributed by atoms with Crippen molar-refractivity contribution in [3.63, 3.8) is 0 Å². The number of hydrogen-bond donors (Lipinski definition) is 2. The highest BCUT2D eigenvalue weighted by atomic mass is 31.2. The van der Waals surface area contributed by atoms with Crippen LogP contribution in [-0.2, 0) is 18.6 Å². The van der Waals surface area contributed by atoms with Crippen LogP contribution in [0.5, 0.6) is 0 Å². The van der Waals surface area contributed by atoms with Gasteiger partial charge in [-0.05, 0) is 19.3 Å². The number of phosphoric acid groups is 1. The number of hydrogen-bond acceptors (Lipinski definition) is 4. The molecule has 0 aliphatic rings. The molecule has 7 nitrogen and oxygen atoms in total. The Balaban J connectivity index is 4.33. The molecule has 0 fully saturated rings. The van der Waals surface area contributed by atoms with Crippen molar-refractivity contribution in [2.24, 2.45) is 5.92 Å². The molecule has 2 N–H and O–H groups in total. The van der Waals surface area contributed by atoms with Gasteiger partial charge in [0.05, 0.1) is 40.9 Å². The first-order valence-corrected chi connectivity index (χ1v) is 8.27. The number of carbonyl (C=O) groups excluding carboxylic acids is 1. The number of carbonyl (C=O) groups is 1. The topological polar surface area (TPSA) is 93.1 Å². The summed E-state index contributed by atoms with van der Waals surface area (Å²) in [5.41, 5.74) is 0.323. The highest BCUT2D eigenvalue weighted by molar-refractivity contribution is 7.46. The lowest BCUT2D eigenvalue weighted by Crippen LogP contribution is -2.36. The molecule has 0 saturated heterocycles. The van der Waals surface area contributed by atoms with Gasteiger partial charge in [-0.2, -0.15) is 0 Å². The third-order valence-electron chi connectivity index (χ3n) is 2.79. The Labute approximate surface area is 126 Å².